The third kappa shape index (κ3) is 10.6. The van der Waals surface area contributed by atoms with Gasteiger partial charge in [-0.2, -0.15) is 0 Å². The molecule has 1 radical (unpaired) electrons. The molecule has 0 aliphatic heterocycles. The Kier molecular flexibility index (Phi) is 8.83. The second-order valence-corrected chi connectivity index (χ2v) is 3.47. The number of methoxy groups -OCH3 is 1. The molecule has 0 saturated carbocycles. The monoisotopic (exact) mass is 206 g/mol. The van der Waals surface area contributed by atoms with Gasteiger partial charge in [-0.05, 0) is 0 Å². The van der Waals surface area contributed by atoms with Gasteiger partial charge in [-0.1, -0.05) is 0 Å². The van der Waals surface area contributed by atoms with Gasteiger partial charge in [0.05, 0.1) is 19.9 Å². The number of rotatable bonds is 4. The molecule has 0 aromatic rings. The molecule has 12 heavy (non-hydrogen) atoms. The maximum atomic E-state index is 10.4. The normalized spacial score (nSPS) is 10.2. The van der Waals surface area contributed by atoms with Crippen LogP contribution in [-0.4, -0.2) is 65.3 Å². The van der Waals surface area contributed by atoms with Gasteiger partial charge in [0, 0.05) is 29.6 Å². The molecule has 0 atom stereocenters. The van der Waals surface area contributed by atoms with Crippen LogP contribution in [0.25, 0.3) is 0 Å². The summed E-state index contributed by atoms with van der Waals surface area (Å²) in [6.45, 7) is -0.193. The molecule has 0 unspecified atom stereocenters. The zero-order valence-electron chi connectivity index (χ0n) is 6.98. The Morgan fingerprint density at radius 2 is 2.08 bits per heavy atom. The minimum atomic E-state index is -4.05. The SMILES string of the molecule is COC(=O)CNCP(=O)(O)O.[Na]. The van der Waals surface area contributed by atoms with Crippen molar-refractivity contribution in [2.45, 2.75) is 0 Å². The summed E-state index contributed by atoms with van der Waals surface area (Å²) < 4.78 is 14.4. The van der Waals surface area contributed by atoms with Gasteiger partial charge in [0.1, 0.15) is 0 Å². The molecular formula is C4H10NNaO5P. The molecule has 6 nitrogen and oxygen atoms in total. The molecule has 0 spiro atoms. The average Bonchev–Trinajstić information content (AvgIpc) is 1.85. The molecule has 0 aliphatic carbocycles. The van der Waals surface area contributed by atoms with Gasteiger partial charge in [0.15, 0.2) is 0 Å². The third-order valence-electron chi connectivity index (χ3n) is 0.815. The average molecular weight is 206 g/mol. The Labute approximate surface area is 92.1 Å². The summed E-state index contributed by atoms with van der Waals surface area (Å²) in [7, 11) is -2.86. The number of carbonyl (C=O) groups excluding carboxylic acids is 1. The van der Waals surface area contributed by atoms with Crippen molar-refractivity contribution in [3.63, 3.8) is 0 Å². The molecule has 0 rings (SSSR count). The van der Waals surface area contributed by atoms with Gasteiger partial charge < -0.3 is 14.5 Å². The fraction of sp³-hybridized carbons (Fsp3) is 0.750. The van der Waals surface area contributed by atoms with Crippen LogP contribution in [0.5, 0.6) is 0 Å². The summed E-state index contributed by atoms with van der Waals surface area (Å²) in [6, 6.07) is 0. The van der Waals surface area contributed by atoms with Crippen LogP contribution < -0.4 is 5.32 Å². The molecule has 0 bridgehead atoms. The summed E-state index contributed by atoms with van der Waals surface area (Å²) in [5.41, 5.74) is 0. The van der Waals surface area contributed by atoms with Gasteiger partial charge >= 0.3 is 13.6 Å². The summed E-state index contributed by atoms with van der Waals surface area (Å²) in [5.74, 6) is -0.557. The first-order chi connectivity index (χ1) is 4.95. The molecule has 0 aliphatic rings. The molecule has 8 heteroatoms. The summed E-state index contributed by atoms with van der Waals surface area (Å²) in [4.78, 5) is 27.0. The molecule has 0 amide bonds. The van der Waals surface area contributed by atoms with E-state index in [2.05, 4.69) is 10.1 Å². The van der Waals surface area contributed by atoms with Crippen molar-refractivity contribution in [3.8, 4) is 0 Å². The van der Waals surface area contributed by atoms with Gasteiger partial charge in [-0.3, -0.25) is 14.7 Å². The van der Waals surface area contributed by atoms with Crippen LogP contribution in [-0.2, 0) is 14.1 Å². The van der Waals surface area contributed by atoms with Crippen LogP contribution in [0, 0.1) is 0 Å². The first kappa shape index (κ1) is 15.1. The maximum absolute atomic E-state index is 10.4. The van der Waals surface area contributed by atoms with E-state index < -0.39 is 19.9 Å². The molecule has 0 saturated heterocycles. The predicted octanol–water partition coefficient (Wildman–Crippen LogP) is -1.50. The third-order valence-corrected chi connectivity index (χ3v) is 1.45. The largest absolute Gasteiger partial charge is 0.468 e. The Balaban J connectivity index is 0. The van der Waals surface area contributed by atoms with E-state index in [-0.39, 0.29) is 36.1 Å². The van der Waals surface area contributed by atoms with Crippen LogP contribution in [0.15, 0.2) is 0 Å². The van der Waals surface area contributed by atoms with Crippen molar-refractivity contribution in [1.29, 1.82) is 0 Å². The van der Waals surface area contributed by atoms with Crippen molar-refractivity contribution in [3.05, 3.63) is 0 Å². The number of carbonyl (C=O) groups is 1. The molecule has 0 fully saturated rings. The van der Waals surface area contributed by atoms with E-state index in [1.165, 1.54) is 7.11 Å². The Morgan fingerprint density at radius 3 is 2.42 bits per heavy atom. The van der Waals surface area contributed by atoms with Gasteiger partial charge in [0.2, 0.25) is 0 Å². The van der Waals surface area contributed by atoms with E-state index in [1.54, 1.807) is 0 Å². The van der Waals surface area contributed by atoms with Gasteiger partial charge in [-0.15, -0.1) is 0 Å². The van der Waals surface area contributed by atoms with E-state index in [0.29, 0.717) is 0 Å². The van der Waals surface area contributed by atoms with E-state index in [0.717, 1.165) is 0 Å². The van der Waals surface area contributed by atoms with E-state index in [9.17, 15) is 9.36 Å². The van der Waals surface area contributed by atoms with Crippen molar-refractivity contribution in [1.82, 2.24) is 5.32 Å². The molecule has 0 aromatic heterocycles. The van der Waals surface area contributed by atoms with Crippen molar-refractivity contribution in [2.24, 2.45) is 0 Å². The Morgan fingerprint density at radius 1 is 1.58 bits per heavy atom. The van der Waals surface area contributed by atoms with Gasteiger partial charge in [0.25, 0.3) is 0 Å². The van der Waals surface area contributed by atoms with Crippen LogP contribution in [0.2, 0.25) is 0 Å². The second-order valence-electron chi connectivity index (χ2n) is 1.83. The molecule has 0 aromatic carbocycles. The minimum absolute atomic E-state index is 0. The molecular weight excluding hydrogens is 196 g/mol. The molecule has 3 N–H and O–H groups in total. The summed E-state index contributed by atoms with van der Waals surface area (Å²) >= 11 is 0. The van der Waals surface area contributed by atoms with Crippen LogP contribution in [0.1, 0.15) is 0 Å². The number of ether oxygens (including phenoxy) is 1. The quantitative estimate of drug-likeness (QED) is 0.294. The minimum Gasteiger partial charge on any atom is -0.468 e. The number of nitrogens with one attached hydrogen (secondary N) is 1. The predicted molar refractivity (Wildman–Crippen MR) is 42.7 cm³/mol. The van der Waals surface area contributed by atoms with Crippen molar-refractivity contribution >= 4 is 43.1 Å². The standard InChI is InChI=1S/C4H10NO5P.Na/c1-10-4(6)2-5-3-11(7,8)9;/h5H,2-3H2,1H3,(H2,7,8,9);. The zero-order chi connectivity index (χ0) is 8.91. The number of hydrogen-bond donors (Lipinski definition) is 3. The van der Waals surface area contributed by atoms with Gasteiger partial charge in [-0.25, -0.2) is 0 Å². The zero-order valence-corrected chi connectivity index (χ0v) is 9.88. The smallest absolute Gasteiger partial charge is 0.339 e. The second kappa shape index (κ2) is 7.03. The van der Waals surface area contributed by atoms with E-state index in [4.69, 9.17) is 9.79 Å². The van der Waals surface area contributed by atoms with Crippen LogP contribution in [0.4, 0.5) is 0 Å². The number of esters is 1. The first-order valence-electron chi connectivity index (χ1n) is 2.78. The van der Waals surface area contributed by atoms with E-state index >= 15 is 0 Å². The summed E-state index contributed by atoms with van der Waals surface area (Å²) in [6.07, 6.45) is -0.512. The van der Waals surface area contributed by atoms with Crippen LogP contribution >= 0.6 is 7.60 Å². The fourth-order valence-corrected chi connectivity index (χ4v) is 0.779. The number of hydrogen-bond acceptors (Lipinski definition) is 4. The molecule has 67 valence electrons. The Hall–Kier alpha value is 0.580. The summed E-state index contributed by atoms with van der Waals surface area (Å²) in [5, 5.41) is 2.24. The Bertz CT molecular complexity index is 180. The first-order valence-corrected chi connectivity index (χ1v) is 4.57. The maximum Gasteiger partial charge on any atom is 0.339 e. The van der Waals surface area contributed by atoms with E-state index in [1.807, 2.05) is 0 Å². The van der Waals surface area contributed by atoms with Crippen molar-refractivity contribution < 1.29 is 23.9 Å². The topological polar surface area (TPSA) is 95.9 Å². The molecule has 0 heterocycles. The van der Waals surface area contributed by atoms with Crippen molar-refractivity contribution in [2.75, 3.05) is 19.9 Å². The van der Waals surface area contributed by atoms with Crippen LogP contribution in [0.3, 0.4) is 0 Å². The fourth-order valence-electron chi connectivity index (χ4n) is 0.376.